The molecule has 1 atom stereocenters. The van der Waals surface area contributed by atoms with E-state index in [1.165, 1.54) is 12.8 Å². The summed E-state index contributed by atoms with van der Waals surface area (Å²) < 4.78 is 0. The van der Waals surface area contributed by atoms with Gasteiger partial charge in [0.25, 0.3) is 0 Å². The first-order valence-corrected chi connectivity index (χ1v) is 5.63. The van der Waals surface area contributed by atoms with E-state index in [9.17, 15) is 0 Å². The van der Waals surface area contributed by atoms with Crippen LogP contribution in [0.3, 0.4) is 0 Å². The number of halogens is 2. The average Bonchev–Trinajstić information content (AvgIpc) is 2.29. The normalized spacial score (nSPS) is 20.2. The second-order valence-electron chi connectivity index (χ2n) is 3.72. The Hall–Kier alpha value is -0.420. The van der Waals surface area contributed by atoms with E-state index in [-0.39, 0.29) is 12.4 Å². The Morgan fingerprint density at radius 1 is 1.44 bits per heavy atom. The Bertz CT molecular complexity index is 315. The highest BCUT2D eigenvalue weighted by atomic mass is 35.5. The van der Waals surface area contributed by atoms with Gasteiger partial charge in [-0.15, -0.1) is 12.4 Å². The Morgan fingerprint density at radius 3 is 2.94 bits per heavy atom. The Morgan fingerprint density at radius 2 is 2.25 bits per heavy atom. The van der Waals surface area contributed by atoms with Crippen molar-refractivity contribution >= 4 is 24.0 Å². The zero-order valence-corrected chi connectivity index (χ0v) is 10.5. The van der Waals surface area contributed by atoms with E-state index in [2.05, 4.69) is 20.6 Å². The van der Waals surface area contributed by atoms with Crippen LogP contribution in [0.15, 0.2) is 12.4 Å². The summed E-state index contributed by atoms with van der Waals surface area (Å²) in [5.74, 6) is 0. The van der Waals surface area contributed by atoms with Crippen LogP contribution in [0.2, 0.25) is 5.15 Å². The molecule has 0 radical (unpaired) electrons. The van der Waals surface area contributed by atoms with E-state index >= 15 is 0 Å². The molecule has 0 amide bonds. The van der Waals surface area contributed by atoms with Gasteiger partial charge in [0, 0.05) is 31.5 Å². The van der Waals surface area contributed by atoms with Crippen LogP contribution in [0.4, 0.5) is 0 Å². The molecular formula is C10H16Cl2N4. The first kappa shape index (κ1) is 13.6. The largest absolute Gasteiger partial charge is 0.315 e. The van der Waals surface area contributed by atoms with Crippen LogP contribution in [0.25, 0.3) is 0 Å². The SMILES string of the molecule is Cl.Clc1nccnc1CNC1CCCNC1. The summed E-state index contributed by atoms with van der Waals surface area (Å²) in [6, 6.07) is 0.525. The lowest BCUT2D eigenvalue weighted by Gasteiger charge is -2.23. The summed E-state index contributed by atoms with van der Waals surface area (Å²) in [7, 11) is 0. The van der Waals surface area contributed by atoms with Crippen molar-refractivity contribution in [2.45, 2.75) is 25.4 Å². The Kier molecular flexibility index (Phi) is 5.98. The number of aromatic nitrogens is 2. The highest BCUT2D eigenvalue weighted by molar-refractivity contribution is 6.29. The summed E-state index contributed by atoms with van der Waals surface area (Å²) in [5.41, 5.74) is 0.824. The lowest BCUT2D eigenvalue weighted by Crippen LogP contribution is -2.42. The fourth-order valence-corrected chi connectivity index (χ4v) is 1.91. The van der Waals surface area contributed by atoms with Crippen molar-refractivity contribution < 1.29 is 0 Å². The summed E-state index contributed by atoms with van der Waals surface area (Å²) in [5, 5.41) is 7.28. The molecule has 0 saturated carbocycles. The topological polar surface area (TPSA) is 49.8 Å². The van der Waals surface area contributed by atoms with Gasteiger partial charge in [0.1, 0.15) is 0 Å². The minimum Gasteiger partial charge on any atom is -0.315 e. The molecule has 4 nitrogen and oxygen atoms in total. The van der Waals surface area contributed by atoms with Crippen LogP contribution < -0.4 is 10.6 Å². The van der Waals surface area contributed by atoms with Gasteiger partial charge in [-0.25, -0.2) is 4.98 Å². The molecule has 0 bridgehead atoms. The number of nitrogens with one attached hydrogen (secondary N) is 2. The number of hydrogen-bond acceptors (Lipinski definition) is 4. The van der Waals surface area contributed by atoms with Gasteiger partial charge in [0.05, 0.1) is 5.69 Å². The number of nitrogens with zero attached hydrogens (tertiary/aromatic N) is 2. The van der Waals surface area contributed by atoms with Crippen molar-refractivity contribution in [3.63, 3.8) is 0 Å². The smallest absolute Gasteiger partial charge is 0.151 e. The van der Waals surface area contributed by atoms with Gasteiger partial charge in [-0.3, -0.25) is 4.98 Å². The fourth-order valence-electron chi connectivity index (χ4n) is 1.74. The first-order valence-electron chi connectivity index (χ1n) is 5.26. The molecule has 1 saturated heterocycles. The lowest BCUT2D eigenvalue weighted by molar-refractivity contribution is 0.387. The van der Waals surface area contributed by atoms with Gasteiger partial charge in [0.15, 0.2) is 5.15 Å². The molecule has 0 aromatic carbocycles. The molecule has 1 aliphatic heterocycles. The van der Waals surface area contributed by atoms with Crippen molar-refractivity contribution in [2.75, 3.05) is 13.1 Å². The van der Waals surface area contributed by atoms with Crippen molar-refractivity contribution in [2.24, 2.45) is 0 Å². The highest BCUT2D eigenvalue weighted by Crippen LogP contribution is 2.09. The van der Waals surface area contributed by atoms with Gasteiger partial charge < -0.3 is 10.6 Å². The van der Waals surface area contributed by atoms with Crippen molar-refractivity contribution in [1.82, 2.24) is 20.6 Å². The Labute approximate surface area is 107 Å². The van der Waals surface area contributed by atoms with Crippen LogP contribution in [0.5, 0.6) is 0 Å². The predicted molar refractivity (Wildman–Crippen MR) is 67.0 cm³/mol. The molecule has 0 spiro atoms. The van der Waals surface area contributed by atoms with E-state index in [1.807, 2.05) is 0 Å². The highest BCUT2D eigenvalue weighted by Gasteiger charge is 2.12. The molecule has 6 heteroatoms. The third-order valence-electron chi connectivity index (χ3n) is 2.58. The van der Waals surface area contributed by atoms with Gasteiger partial charge in [-0.05, 0) is 19.4 Å². The molecule has 1 aliphatic rings. The maximum atomic E-state index is 5.91. The number of piperidine rings is 1. The first-order chi connectivity index (χ1) is 7.36. The van der Waals surface area contributed by atoms with E-state index in [0.717, 1.165) is 18.8 Å². The fraction of sp³-hybridized carbons (Fsp3) is 0.600. The molecule has 1 unspecified atom stereocenters. The van der Waals surface area contributed by atoms with Crippen molar-refractivity contribution in [1.29, 1.82) is 0 Å². The minimum atomic E-state index is 0. The van der Waals surface area contributed by atoms with Crippen LogP contribution >= 0.6 is 24.0 Å². The third kappa shape index (κ3) is 3.87. The van der Waals surface area contributed by atoms with Gasteiger partial charge in [0.2, 0.25) is 0 Å². The Balaban J connectivity index is 0.00000128. The molecule has 1 aromatic heterocycles. The summed E-state index contributed by atoms with van der Waals surface area (Å²) in [6.45, 7) is 2.85. The van der Waals surface area contributed by atoms with Gasteiger partial charge in [-0.2, -0.15) is 0 Å². The van der Waals surface area contributed by atoms with E-state index in [4.69, 9.17) is 11.6 Å². The second kappa shape index (κ2) is 7.01. The summed E-state index contributed by atoms with van der Waals surface area (Å²) in [4.78, 5) is 8.18. The number of hydrogen-bond donors (Lipinski definition) is 2. The molecule has 2 rings (SSSR count). The third-order valence-corrected chi connectivity index (χ3v) is 2.89. The van der Waals surface area contributed by atoms with E-state index in [0.29, 0.717) is 17.7 Å². The lowest BCUT2D eigenvalue weighted by atomic mass is 10.1. The standard InChI is InChI=1S/C10H15ClN4.ClH/c11-10-9(13-4-5-14-10)7-15-8-2-1-3-12-6-8;/h4-5,8,12,15H,1-3,6-7H2;1H. The van der Waals surface area contributed by atoms with Crippen LogP contribution in [-0.2, 0) is 6.54 Å². The summed E-state index contributed by atoms with van der Waals surface area (Å²) >= 11 is 5.91. The van der Waals surface area contributed by atoms with Crippen LogP contribution in [-0.4, -0.2) is 29.1 Å². The zero-order chi connectivity index (χ0) is 10.5. The average molecular weight is 263 g/mol. The quantitative estimate of drug-likeness (QED) is 0.865. The number of rotatable bonds is 3. The van der Waals surface area contributed by atoms with Crippen LogP contribution in [0.1, 0.15) is 18.5 Å². The zero-order valence-electron chi connectivity index (χ0n) is 8.95. The maximum absolute atomic E-state index is 5.91. The van der Waals surface area contributed by atoms with Crippen LogP contribution in [0, 0.1) is 0 Å². The van der Waals surface area contributed by atoms with Crippen molar-refractivity contribution in [3.8, 4) is 0 Å². The molecular weight excluding hydrogens is 247 g/mol. The molecule has 90 valence electrons. The second-order valence-corrected chi connectivity index (χ2v) is 4.08. The molecule has 1 fully saturated rings. The molecule has 1 aromatic rings. The summed E-state index contributed by atoms with van der Waals surface area (Å²) in [6.07, 6.45) is 5.72. The molecule has 2 heterocycles. The van der Waals surface area contributed by atoms with Crippen molar-refractivity contribution in [3.05, 3.63) is 23.2 Å². The monoisotopic (exact) mass is 262 g/mol. The van der Waals surface area contributed by atoms with Gasteiger partial charge in [-0.1, -0.05) is 11.6 Å². The molecule has 2 N–H and O–H groups in total. The van der Waals surface area contributed by atoms with Gasteiger partial charge >= 0.3 is 0 Å². The molecule has 16 heavy (non-hydrogen) atoms. The van der Waals surface area contributed by atoms with E-state index < -0.39 is 0 Å². The van der Waals surface area contributed by atoms with E-state index in [1.54, 1.807) is 12.4 Å². The molecule has 0 aliphatic carbocycles. The maximum Gasteiger partial charge on any atom is 0.151 e. The predicted octanol–water partition coefficient (Wildman–Crippen LogP) is 1.39. The minimum absolute atomic E-state index is 0.